The molecule has 7 nitrogen and oxygen atoms in total. The molecule has 1 saturated heterocycles. The van der Waals surface area contributed by atoms with Crippen molar-refractivity contribution in [3.05, 3.63) is 27.4 Å². The molecule has 0 spiro atoms. The quantitative estimate of drug-likeness (QED) is 0.749. The van der Waals surface area contributed by atoms with E-state index in [9.17, 15) is 22.8 Å². The van der Waals surface area contributed by atoms with Crippen LogP contribution in [0.15, 0.2) is 4.79 Å². The SMILES string of the molecule is CCOC(=O)c1c(C(F)(F)F)nc(=O)n(C)c1CN1CCOCC1. The lowest BCUT2D eigenvalue weighted by Crippen LogP contribution is -2.39. The molecule has 1 aliphatic rings. The lowest BCUT2D eigenvalue weighted by molar-refractivity contribution is -0.142. The minimum atomic E-state index is -4.94. The Kier molecular flexibility index (Phi) is 5.60. The summed E-state index contributed by atoms with van der Waals surface area (Å²) in [5.74, 6) is -1.14. The highest BCUT2D eigenvalue weighted by Crippen LogP contribution is 2.31. The second-order valence-electron chi connectivity index (χ2n) is 5.23. The summed E-state index contributed by atoms with van der Waals surface area (Å²) < 4.78 is 50.7. The molecule has 0 bridgehead atoms. The molecule has 1 aromatic heterocycles. The first-order valence-corrected chi connectivity index (χ1v) is 7.40. The maximum Gasteiger partial charge on any atom is 0.434 e. The second kappa shape index (κ2) is 7.31. The zero-order valence-corrected chi connectivity index (χ0v) is 13.4. The van der Waals surface area contributed by atoms with Gasteiger partial charge in [0.15, 0.2) is 5.69 Å². The van der Waals surface area contributed by atoms with Crippen LogP contribution < -0.4 is 5.69 Å². The number of aromatic nitrogens is 2. The smallest absolute Gasteiger partial charge is 0.434 e. The molecule has 2 rings (SSSR count). The third kappa shape index (κ3) is 3.93. The highest BCUT2D eigenvalue weighted by atomic mass is 19.4. The Bertz CT molecular complexity index is 666. The molecule has 0 saturated carbocycles. The number of ether oxygens (including phenoxy) is 2. The summed E-state index contributed by atoms with van der Waals surface area (Å²) in [6.45, 7) is 3.23. The van der Waals surface area contributed by atoms with Crippen LogP contribution in [0.5, 0.6) is 0 Å². The van der Waals surface area contributed by atoms with E-state index in [4.69, 9.17) is 9.47 Å². The highest BCUT2D eigenvalue weighted by molar-refractivity contribution is 5.92. The van der Waals surface area contributed by atoms with Crippen molar-refractivity contribution in [3.63, 3.8) is 0 Å². The van der Waals surface area contributed by atoms with Crippen molar-refractivity contribution >= 4 is 5.97 Å². The number of morpholine rings is 1. The largest absolute Gasteiger partial charge is 0.462 e. The van der Waals surface area contributed by atoms with Crippen LogP contribution in [-0.4, -0.2) is 53.3 Å². The van der Waals surface area contributed by atoms with Crippen LogP contribution in [0.2, 0.25) is 0 Å². The molecule has 0 atom stereocenters. The van der Waals surface area contributed by atoms with E-state index in [0.717, 1.165) is 4.57 Å². The number of rotatable bonds is 4. The summed E-state index contributed by atoms with van der Waals surface area (Å²) in [7, 11) is 1.29. The fraction of sp³-hybridized carbons (Fsp3) is 0.643. The third-order valence-electron chi connectivity index (χ3n) is 3.65. The number of esters is 1. The summed E-state index contributed by atoms with van der Waals surface area (Å²) in [5, 5.41) is 0. The van der Waals surface area contributed by atoms with E-state index in [0.29, 0.717) is 26.3 Å². The molecular weight excluding hydrogens is 331 g/mol. The number of carbonyl (C=O) groups is 1. The van der Waals surface area contributed by atoms with Gasteiger partial charge in [-0.2, -0.15) is 18.2 Å². The van der Waals surface area contributed by atoms with E-state index >= 15 is 0 Å². The first kappa shape index (κ1) is 18.4. The fourth-order valence-corrected chi connectivity index (χ4v) is 2.43. The Hall–Kier alpha value is -1.94. The molecule has 0 unspecified atom stereocenters. The van der Waals surface area contributed by atoms with E-state index in [1.165, 1.54) is 14.0 Å². The average molecular weight is 349 g/mol. The first-order chi connectivity index (χ1) is 11.3. The van der Waals surface area contributed by atoms with Gasteiger partial charge in [-0.3, -0.25) is 9.47 Å². The van der Waals surface area contributed by atoms with Gasteiger partial charge in [0.2, 0.25) is 0 Å². The van der Waals surface area contributed by atoms with Gasteiger partial charge in [-0.25, -0.2) is 9.59 Å². The number of hydrogen-bond acceptors (Lipinski definition) is 6. The number of alkyl halides is 3. The Morgan fingerprint density at radius 1 is 1.33 bits per heavy atom. The molecule has 0 aromatic carbocycles. The third-order valence-corrected chi connectivity index (χ3v) is 3.65. The van der Waals surface area contributed by atoms with Crippen molar-refractivity contribution in [2.75, 3.05) is 32.9 Å². The Morgan fingerprint density at radius 3 is 2.50 bits per heavy atom. The van der Waals surface area contributed by atoms with Crippen molar-refractivity contribution < 1.29 is 27.4 Å². The summed E-state index contributed by atoms with van der Waals surface area (Å²) in [4.78, 5) is 28.8. The van der Waals surface area contributed by atoms with Crippen LogP contribution in [0.3, 0.4) is 0 Å². The second-order valence-corrected chi connectivity index (χ2v) is 5.23. The molecule has 1 aromatic rings. The van der Waals surface area contributed by atoms with Gasteiger partial charge in [-0.15, -0.1) is 0 Å². The Morgan fingerprint density at radius 2 is 1.96 bits per heavy atom. The molecule has 1 aliphatic heterocycles. The lowest BCUT2D eigenvalue weighted by Gasteiger charge is -2.28. The van der Waals surface area contributed by atoms with Gasteiger partial charge >= 0.3 is 17.8 Å². The fourth-order valence-electron chi connectivity index (χ4n) is 2.43. The topological polar surface area (TPSA) is 73.7 Å². The first-order valence-electron chi connectivity index (χ1n) is 7.40. The summed E-state index contributed by atoms with van der Waals surface area (Å²) in [5.41, 5.74) is -3.36. The van der Waals surface area contributed by atoms with Crippen LogP contribution in [-0.2, 0) is 29.2 Å². The predicted octanol–water partition coefficient (Wildman–Crippen LogP) is 0.808. The molecule has 0 amide bonds. The Labute approximate surface area is 136 Å². The zero-order chi connectivity index (χ0) is 17.9. The van der Waals surface area contributed by atoms with E-state index in [2.05, 4.69) is 4.98 Å². The minimum absolute atomic E-state index is 0.00511. The molecule has 0 aliphatic carbocycles. The molecule has 134 valence electrons. The number of halogens is 3. The standard InChI is InChI=1S/C14H18F3N3O4/c1-3-24-12(21)10-9(8-20-4-6-23-7-5-20)19(2)13(22)18-11(10)14(15,16)17/h3-8H2,1-2H3. The molecule has 1 fully saturated rings. The monoisotopic (exact) mass is 349 g/mol. The maximum atomic E-state index is 13.3. The van der Waals surface area contributed by atoms with Crippen LogP contribution in [0.1, 0.15) is 28.7 Å². The van der Waals surface area contributed by atoms with Crippen LogP contribution in [0.4, 0.5) is 13.2 Å². The number of carbonyl (C=O) groups excluding carboxylic acids is 1. The average Bonchev–Trinajstić information content (AvgIpc) is 2.51. The molecule has 0 radical (unpaired) electrons. The summed E-state index contributed by atoms with van der Waals surface area (Å²) in [6, 6.07) is 0. The van der Waals surface area contributed by atoms with Gasteiger partial charge in [-0.1, -0.05) is 0 Å². The van der Waals surface area contributed by atoms with Gasteiger partial charge in [0.1, 0.15) is 5.56 Å². The van der Waals surface area contributed by atoms with Gasteiger partial charge in [0.05, 0.1) is 25.5 Å². The predicted molar refractivity (Wildman–Crippen MR) is 76.5 cm³/mol. The van der Waals surface area contributed by atoms with Gasteiger partial charge in [0.25, 0.3) is 0 Å². The molecule has 10 heteroatoms. The van der Waals surface area contributed by atoms with Crippen LogP contribution in [0, 0.1) is 0 Å². The van der Waals surface area contributed by atoms with E-state index in [1.54, 1.807) is 4.90 Å². The summed E-state index contributed by atoms with van der Waals surface area (Å²) >= 11 is 0. The summed E-state index contributed by atoms with van der Waals surface area (Å²) in [6.07, 6.45) is -4.94. The van der Waals surface area contributed by atoms with Crippen LogP contribution >= 0.6 is 0 Å². The van der Waals surface area contributed by atoms with Gasteiger partial charge in [-0.05, 0) is 6.92 Å². The van der Waals surface area contributed by atoms with Crippen molar-refractivity contribution in [2.45, 2.75) is 19.6 Å². The maximum absolute atomic E-state index is 13.3. The number of hydrogen-bond donors (Lipinski definition) is 0. The van der Waals surface area contributed by atoms with Crippen molar-refractivity contribution in [2.24, 2.45) is 7.05 Å². The molecule has 24 heavy (non-hydrogen) atoms. The zero-order valence-electron chi connectivity index (χ0n) is 13.4. The van der Waals surface area contributed by atoms with E-state index in [1.807, 2.05) is 0 Å². The molecular formula is C14H18F3N3O4. The minimum Gasteiger partial charge on any atom is -0.462 e. The van der Waals surface area contributed by atoms with Gasteiger partial charge < -0.3 is 9.47 Å². The molecule has 0 N–H and O–H groups in total. The highest BCUT2D eigenvalue weighted by Gasteiger charge is 2.41. The van der Waals surface area contributed by atoms with Crippen molar-refractivity contribution in [1.82, 2.24) is 14.5 Å². The van der Waals surface area contributed by atoms with Gasteiger partial charge in [0, 0.05) is 26.7 Å². The van der Waals surface area contributed by atoms with Crippen molar-refractivity contribution in [3.8, 4) is 0 Å². The molecule has 2 heterocycles. The lowest BCUT2D eigenvalue weighted by atomic mass is 10.1. The normalized spacial score (nSPS) is 16.2. The number of nitrogens with zero attached hydrogens (tertiary/aromatic N) is 3. The van der Waals surface area contributed by atoms with E-state index in [-0.39, 0.29) is 18.8 Å². The van der Waals surface area contributed by atoms with Crippen molar-refractivity contribution in [1.29, 1.82) is 0 Å². The van der Waals surface area contributed by atoms with E-state index < -0.39 is 29.1 Å². The Balaban J connectivity index is 2.58. The van der Waals surface area contributed by atoms with Crippen LogP contribution in [0.25, 0.3) is 0 Å².